The van der Waals surface area contributed by atoms with Crippen molar-refractivity contribution in [3.8, 4) is 16.5 Å². The fourth-order valence-electron chi connectivity index (χ4n) is 12.1. The molecule has 0 aliphatic rings. The number of nitrogens with zero attached hydrogens (tertiary/aromatic N) is 14. The average molecular weight is 1940 g/mol. The summed E-state index contributed by atoms with van der Waals surface area (Å²) >= 11 is 5.34. The molecule has 11 aromatic rings. The molecule has 0 atom stereocenters. The van der Waals surface area contributed by atoms with E-state index in [9.17, 15) is 48.5 Å². The molecule has 0 aliphatic heterocycles. The van der Waals surface area contributed by atoms with Gasteiger partial charge >= 0.3 is 62.1 Å². The summed E-state index contributed by atoms with van der Waals surface area (Å²) in [5.74, 6) is -2.68. The Morgan fingerprint density at radius 1 is 0.500 bits per heavy atom. The molecule has 48 heteroatoms. The van der Waals surface area contributed by atoms with E-state index in [0.29, 0.717) is 156 Å². The monoisotopic (exact) mass is 1930 g/mol. The number of aromatic nitrogens is 12. The number of primary amides is 5. The van der Waals surface area contributed by atoms with Gasteiger partial charge in [0, 0.05) is 109 Å². The third kappa shape index (κ3) is 31.4. The number of rotatable bonds is 36. The number of nitro groups is 1. The molecule has 0 spiro atoms. The number of ether oxygens (including phenoxy) is 2. The summed E-state index contributed by atoms with van der Waals surface area (Å²) in [6.07, 6.45) is 14.4. The van der Waals surface area contributed by atoms with Crippen LogP contribution in [-0.2, 0) is 57.8 Å². The number of hydrogen-bond acceptors (Lipinski definition) is 27. The molecule has 0 unspecified atom stereocenters. The van der Waals surface area contributed by atoms with E-state index in [1.54, 1.807) is 122 Å². The minimum atomic E-state index is -2.95. The van der Waals surface area contributed by atoms with E-state index in [0.717, 1.165) is 42.2 Å². The Morgan fingerprint density at radius 3 is 1.10 bits per heavy atom. The van der Waals surface area contributed by atoms with Crippen LogP contribution < -0.4 is 76.2 Å². The number of carbonyl (C=O) groups is 8. The summed E-state index contributed by atoms with van der Waals surface area (Å²) in [7, 11) is -5.90. The van der Waals surface area contributed by atoms with Gasteiger partial charge in [0.15, 0.2) is 5.69 Å². The topological polar surface area (TPSA) is 639 Å². The first-order valence-corrected chi connectivity index (χ1v) is 51.0. The van der Waals surface area contributed by atoms with Crippen molar-refractivity contribution in [2.45, 2.75) is 135 Å². The SMILES string of the molecule is C.C.CCCCOc1cc(C(N)=O)cc(N)c1NC/C=C/Cn1c(NC(=O)c2cc(C)nn2CC)nc2cc(C(N)=O)ccc21.CCCCOc1cc(C(N)=O)cc([N+](=O)[O-])c1NC/C=C/Cn1c(NC(=O)c2cc(C)nn2CC)nc2cc(C(N)=O)ccc21.CCn1nc(C)cc1C(=O)Nc1nc2cc(C(N)=O)ccc2n1C/C=C/CN.Cl.N#CBr.O=S(=O)=S(=O)=O.[Na][Na]. The molecule has 0 saturated carbocycles. The number of amides is 8. The Hall–Kier alpha value is -12.6. The molecule has 130 heavy (non-hydrogen) atoms. The molecule has 0 fully saturated rings. The van der Waals surface area contributed by atoms with Gasteiger partial charge in [-0.25, -0.2) is 15.0 Å². The van der Waals surface area contributed by atoms with Crippen LogP contribution in [0.3, 0.4) is 0 Å². The van der Waals surface area contributed by atoms with Gasteiger partial charge in [-0.3, -0.25) is 78.5 Å². The van der Waals surface area contributed by atoms with Crippen LogP contribution in [0.15, 0.2) is 134 Å². The van der Waals surface area contributed by atoms with Crippen molar-refractivity contribution >= 4 is 211 Å². The predicted molar refractivity (Wildman–Crippen MR) is 506 cm³/mol. The molecule has 0 aliphatic carbocycles. The fraction of sp³-hybridized carbons (Fsp3) is 0.305. The van der Waals surface area contributed by atoms with Gasteiger partial charge in [0.05, 0.1) is 74.0 Å². The molecular weight excluding hydrogens is 1830 g/mol. The number of imidazole rings is 3. The molecule has 0 saturated heterocycles. The van der Waals surface area contributed by atoms with Gasteiger partial charge < -0.3 is 73.9 Å². The van der Waals surface area contributed by atoms with Crippen LogP contribution >= 0.6 is 28.3 Å². The van der Waals surface area contributed by atoms with E-state index in [1.807, 2.05) is 75.0 Å². The summed E-state index contributed by atoms with van der Waals surface area (Å²) in [6.45, 7) is 19.6. The Labute approximate surface area is 794 Å². The number of hydrogen-bond donors (Lipinski definition) is 12. The number of nitrogens with two attached hydrogens (primary N) is 7. The van der Waals surface area contributed by atoms with Gasteiger partial charge in [-0.2, -0.15) is 37.4 Å². The first-order valence-electron chi connectivity index (χ1n) is 39.6. The molecule has 6 heterocycles. The van der Waals surface area contributed by atoms with Crippen LogP contribution in [0, 0.1) is 41.1 Å². The van der Waals surface area contributed by atoms with Crippen molar-refractivity contribution in [3.05, 3.63) is 206 Å². The van der Waals surface area contributed by atoms with Gasteiger partial charge in [-0.05, 0) is 145 Å². The Morgan fingerprint density at radius 2 is 0.808 bits per heavy atom. The minimum absolute atomic E-state index is 0. The van der Waals surface area contributed by atoms with Crippen molar-refractivity contribution < 1.29 is 69.6 Å². The molecule has 5 aromatic carbocycles. The summed E-state index contributed by atoms with van der Waals surface area (Å²) in [6, 6.07) is 25.5. The molecule has 0 bridgehead atoms. The number of allylic oxidation sites excluding steroid dienone is 3. The predicted octanol–water partition coefficient (Wildman–Crippen LogP) is 9.09. The fourth-order valence-corrected chi connectivity index (χ4v) is 12.1. The molecule has 6 aromatic heterocycles. The van der Waals surface area contributed by atoms with E-state index in [4.69, 9.17) is 71.7 Å². The third-order valence-corrected chi connectivity index (χ3v) is 18.9. The maximum absolute atomic E-state index is 13.2. The van der Waals surface area contributed by atoms with Gasteiger partial charge in [0.25, 0.3) is 23.4 Å². The first-order chi connectivity index (χ1) is 60.6. The van der Waals surface area contributed by atoms with Crippen molar-refractivity contribution in [2.24, 2.45) is 34.4 Å². The number of nitrogen functional groups attached to an aromatic ring is 1. The Balaban J connectivity index is 0.000000479. The number of nitriles is 1. The van der Waals surface area contributed by atoms with Crippen molar-refractivity contribution in [3.63, 3.8) is 0 Å². The maximum atomic E-state index is 13.2. The number of aryl methyl sites for hydroxylation is 6. The van der Waals surface area contributed by atoms with Crippen molar-refractivity contribution in [2.75, 3.05) is 65.2 Å². The van der Waals surface area contributed by atoms with Gasteiger partial charge in [0.2, 0.25) is 47.4 Å². The molecule has 686 valence electrons. The number of fused-ring (bicyclic) bond motifs is 3. The molecule has 19 N–H and O–H groups in total. The summed E-state index contributed by atoms with van der Waals surface area (Å²) in [5, 5.41) is 46.9. The molecule has 0 radical (unpaired) electrons. The number of benzene rings is 5. The normalized spacial score (nSPS) is 10.5. The van der Waals surface area contributed by atoms with Crippen LogP contribution in [-0.4, -0.2) is 203 Å². The average Bonchev–Trinajstić information content (AvgIpc) is 1.56. The van der Waals surface area contributed by atoms with Crippen LogP contribution in [0.1, 0.15) is 175 Å². The third-order valence-electron chi connectivity index (χ3n) is 18.0. The quantitative estimate of drug-likeness (QED) is 0.00435. The van der Waals surface area contributed by atoms with E-state index < -0.39 is 58.9 Å². The van der Waals surface area contributed by atoms with Crippen molar-refractivity contribution in [1.29, 1.82) is 5.26 Å². The second kappa shape index (κ2) is 55.3. The van der Waals surface area contributed by atoms with Gasteiger partial charge in [0.1, 0.15) is 39.2 Å². The molecular formula is C82H104BrClN26Na2O16S2. The standard InChI is InChI=1S/C30H35N9O6.C30H37N9O4.C19H23N7O2.CBrN.2CH4.ClH.2Na.O4S2/c1-4-6-13-45-25-17-20(28(32)41)16-23(39(43)44)26(25)33-11-7-8-12-37-22-10-9-19(27(31)40)15-21(22)34-30(37)35-29(42)24-14-18(3)36-38(24)5-2;1-4-6-13-43-25-17-20(28(33)41)15-21(31)26(25)34-11-7-8-12-38-23-10-9-19(27(32)40)16-22(23)35-30(38)36-29(42)24-14-18(3)37-39(24)5-2;1-3-26-16(10-12(2)24-26)18(28)23-19-22-14-11-13(17(21)27)6-7-15(14)25(19)9-5-4-8-20;2-1-3;;;;;;1-5(2)6(3)4/h7-10,14-17,33H,4-6,11-13H2,1-3H3,(H2,31,40)(H2,32,41)(H,34,35,42);7-10,14-17,34H,4-6,11-13,31H2,1-3H3,(H2,32,40)(H2,33,41)(H,35,36,42);4-7,10-11H,3,8-9,20H2,1-2H3,(H2,21,27)(H,22,23,28);;2*1H4;1H;;;/b2*8-7+;5-4+;;;;;;;. The zero-order valence-corrected chi connectivity index (χ0v) is 79.8. The summed E-state index contributed by atoms with van der Waals surface area (Å²) < 4.78 is 58.2. The van der Waals surface area contributed by atoms with Gasteiger partial charge in [-0.1, -0.05) is 78.0 Å². The van der Waals surface area contributed by atoms with E-state index >= 15 is 0 Å². The van der Waals surface area contributed by atoms with Crippen LogP contribution in [0.4, 0.5) is 40.6 Å². The molecule has 11 rings (SSSR count). The van der Waals surface area contributed by atoms with Crippen LogP contribution in [0.5, 0.6) is 11.5 Å². The number of carbonyl (C=O) groups excluding carboxylic acids is 8. The zero-order chi connectivity index (χ0) is 93.9. The second-order valence-corrected chi connectivity index (χ2v) is 29.6. The van der Waals surface area contributed by atoms with Crippen LogP contribution in [0.25, 0.3) is 33.1 Å². The second-order valence-electron chi connectivity index (χ2n) is 26.8. The summed E-state index contributed by atoms with van der Waals surface area (Å²) in [5.41, 5.74) is 47.8. The van der Waals surface area contributed by atoms with Crippen LogP contribution in [0.2, 0.25) is 0 Å². The Kier molecular flexibility index (Phi) is 47.5. The first kappa shape index (κ1) is 112. The van der Waals surface area contributed by atoms with E-state index in [1.165, 1.54) is 55.8 Å². The molecule has 42 nitrogen and oxygen atoms in total. The summed E-state index contributed by atoms with van der Waals surface area (Å²) in [4.78, 5) is 124. The number of nitro benzene ring substituents is 1. The molecule has 8 amide bonds. The van der Waals surface area contributed by atoms with Gasteiger partial charge in [-0.15, -0.1) is 12.4 Å². The zero-order valence-electron chi connectivity index (χ0n) is 71.7. The Bertz CT molecular complexity index is 6250. The van der Waals surface area contributed by atoms with E-state index in [2.05, 4.69) is 79.7 Å². The number of unbranched alkanes of at least 4 members (excludes halogenated alkanes) is 2. The number of halogens is 2. The number of anilines is 6. The number of nitrogens with one attached hydrogen (secondary N) is 5. The van der Waals surface area contributed by atoms with Crippen molar-refractivity contribution in [1.82, 2.24) is 58.0 Å². The van der Waals surface area contributed by atoms with E-state index in [-0.39, 0.29) is 91.9 Å².